The normalized spacial score (nSPS) is 15.5. The fourth-order valence-electron chi connectivity index (χ4n) is 6.40. The summed E-state index contributed by atoms with van der Waals surface area (Å²) < 4.78 is 25.1. The lowest BCUT2D eigenvalue weighted by molar-refractivity contribution is 0.0196. The minimum atomic E-state index is -0.396. The maximum atomic E-state index is 13.4. The molecule has 3 heterocycles. The molecule has 9 nitrogen and oxygen atoms in total. The number of pyridine rings is 1. The van der Waals surface area contributed by atoms with Gasteiger partial charge in [0.1, 0.15) is 32.2 Å². The summed E-state index contributed by atoms with van der Waals surface area (Å²) in [5.41, 5.74) is 2.40. The number of aromatic nitrogens is 1. The van der Waals surface area contributed by atoms with E-state index in [-0.39, 0.29) is 24.3 Å². The van der Waals surface area contributed by atoms with E-state index in [4.69, 9.17) is 18.9 Å². The van der Waals surface area contributed by atoms with E-state index in [0.717, 1.165) is 60.3 Å². The Kier molecular flexibility index (Phi) is 9.49. The minimum Gasteiger partial charge on any atom is -0.488 e. The van der Waals surface area contributed by atoms with Crippen LogP contribution in [0.25, 0.3) is 10.9 Å². The summed E-state index contributed by atoms with van der Waals surface area (Å²) >= 11 is 0. The molecule has 242 valence electrons. The molecule has 0 spiro atoms. The molecule has 0 saturated carbocycles. The van der Waals surface area contributed by atoms with Gasteiger partial charge in [-0.2, -0.15) is 0 Å². The van der Waals surface area contributed by atoms with E-state index in [1.807, 2.05) is 82.3 Å². The Morgan fingerprint density at radius 1 is 0.848 bits per heavy atom. The number of ether oxygens (including phenoxy) is 4. The van der Waals surface area contributed by atoms with Gasteiger partial charge in [-0.05, 0) is 75.1 Å². The van der Waals surface area contributed by atoms with Crippen molar-refractivity contribution in [1.29, 1.82) is 0 Å². The number of carbonyl (C=O) groups is 1. The molecule has 2 aliphatic heterocycles. The predicted molar refractivity (Wildman–Crippen MR) is 178 cm³/mol. The number of hydrogen-bond acceptors (Lipinski definition) is 7. The molecule has 2 aliphatic rings. The molecule has 1 fully saturated rings. The third-order valence-electron chi connectivity index (χ3n) is 8.68. The number of hydrogen-bond donors (Lipinski definition) is 0. The van der Waals surface area contributed by atoms with Crippen molar-refractivity contribution in [3.8, 4) is 17.2 Å². The molecule has 6 rings (SSSR count). The average molecular weight is 626 g/mol. The molecule has 46 heavy (non-hydrogen) atoms. The molecule has 4 aromatic rings. The van der Waals surface area contributed by atoms with E-state index >= 15 is 0 Å². The van der Waals surface area contributed by atoms with Gasteiger partial charge in [-0.25, -0.2) is 4.79 Å². The third-order valence-corrected chi connectivity index (χ3v) is 8.68. The van der Waals surface area contributed by atoms with E-state index in [9.17, 15) is 9.59 Å². The molecule has 0 aliphatic carbocycles. The van der Waals surface area contributed by atoms with Crippen LogP contribution in [0.4, 0.5) is 4.79 Å². The Bertz CT molecular complexity index is 1710. The van der Waals surface area contributed by atoms with E-state index in [0.29, 0.717) is 37.9 Å². The number of rotatable bonds is 9. The molecule has 0 N–H and O–H groups in total. The molecule has 1 saturated heterocycles. The van der Waals surface area contributed by atoms with Crippen LogP contribution in [0.1, 0.15) is 44.7 Å². The van der Waals surface area contributed by atoms with Gasteiger partial charge in [-0.15, -0.1) is 0 Å². The monoisotopic (exact) mass is 625 g/mol. The number of piperidine rings is 1. The minimum absolute atomic E-state index is 0.0257. The van der Waals surface area contributed by atoms with Crippen molar-refractivity contribution in [2.24, 2.45) is 0 Å². The zero-order chi connectivity index (χ0) is 32.1. The van der Waals surface area contributed by atoms with Crippen molar-refractivity contribution >= 4 is 17.0 Å². The van der Waals surface area contributed by atoms with Gasteiger partial charge >= 0.3 is 6.09 Å². The largest absolute Gasteiger partial charge is 0.488 e. The van der Waals surface area contributed by atoms with Gasteiger partial charge in [0.25, 0.3) is 5.56 Å². The Hall–Kier alpha value is -4.50. The second-order valence-corrected chi connectivity index (χ2v) is 12.9. The maximum absolute atomic E-state index is 13.4. The van der Waals surface area contributed by atoms with E-state index in [2.05, 4.69) is 25.7 Å². The number of likely N-dealkylation sites (tertiary alicyclic amines) is 1. The third kappa shape index (κ3) is 7.31. The Morgan fingerprint density at radius 3 is 2.37 bits per heavy atom. The van der Waals surface area contributed by atoms with Gasteiger partial charge in [-0.1, -0.05) is 42.5 Å². The molecule has 0 unspecified atom stereocenters. The van der Waals surface area contributed by atoms with E-state index < -0.39 is 5.54 Å². The first-order valence-corrected chi connectivity index (χ1v) is 16.1. The Morgan fingerprint density at radius 2 is 1.61 bits per heavy atom. The first-order chi connectivity index (χ1) is 22.3. The lowest BCUT2D eigenvalue weighted by Crippen LogP contribution is -2.55. The fourth-order valence-corrected chi connectivity index (χ4v) is 6.40. The molecule has 0 bridgehead atoms. The van der Waals surface area contributed by atoms with Gasteiger partial charge in [0, 0.05) is 49.2 Å². The number of fused-ring (bicyclic) bond motifs is 2. The predicted octanol–water partition coefficient (Wildman–Crippen LogP) is 6.25. The highest BCUT2D eigenvalue weighted by molar-refractivity contribution is 5.85. The van der Waals surface area contributed by atoms with Crippen molar-refractivity contribution in [3.05, 3.63) is 100 Å². The smallest absolute Gasteiger partial charge is 0.410 e. The summed E-state index contributed by atoms with van der Waals surface area (Å²) in [7, 11) is 0. The summed E-state index contributed by atoms with van der Waals surface area (Å²) in [4.78, 5) is 30.7. The highest BCUT2D eigenvalue weighted by Gasteiger charge is 2.36. The number of amides is 1. The summed E-state index contributed by atoms with van der Waals surface area (Å²) in [6, 6.07) is 25.1. The van der Waals surface area contributed by atoms with Gasteiger partial charge in [0.15, 0.2) is 11.5 Å². The van der Waals surface area contributed by atoms with Crippen molar-refractivity contribution < 1.29 is 23.7 Å². The first-order valence-electron chi connectivity index (χ1n) is 16.1. The molecule has 1 amide bonds. The summed E-state index contributed by atoms with van der Waals surface area (Å²) in [6.45, 7) is 10.8. The molecule has 9 heteroatoms. The molecule has 1 aromatic heterocycles. The highest BCUT2D eigenvalue weighted by Crippen LogP contribution is 2.32. The second kappa shape index (κ2) is 13.9. The topological polar surface area (TPSA) is 82.5 Å². The number of carbonyl (C=O) groups excluding carboxylic acids is 1. The maximum Gasteiger partial charge on any atom is 0.410 e. The van der Waals surface area contributed by atoms with Crippen molar-refractivity contribution in [3.63, 3.8) is 0 Å². The van der Waals surface area contributed by atoms with Gasteiger partial charge < -0.3 is 33.3 Å². The van der Waals surface area contributed by atoms with Crippen LogP contribution in [-0.2, 0) is 24.5 Å². The van der Waals surface area contributed by atoms with Crippen molar-refractivity contribution in [2.75, 3.05) is 32.8 Å². The Labute approximate surface area is 270 Å². The quantitative estimate of drug-likeness (QED) is 0.217. The van der Waals surface area contributed by atoms with Crippen LogP contribution < -0.4 is 19.8 Å². The van der Waals surface area contributed by atoms with E-state index in [1.54, 1.807) is 6.07 Å². The van der Waals surface area contributed by atoms with Crippen LogP contribution in [0.2, 0.25) is 0 Å². The molecule has 0 atom stereocenters. The number of benzene rings is 3. The summed E-state index contributed by atoms with van der Waals surface area (Å²) in [5, 5.41) is 0.923. The van der Waals surface area contributed by atoms with Crippen molar-refractivity contribution in [2.45, 2.75) is 65.0 Å². The zero-order valence-corrected chi connectivity index (χ0v) is 26.9. The first kappa shape index (κ1) is 31.5. The lowest BCUT2D eigenvalue weighted by atomic mass is 9.97. The number of nitrogens with zero attached hydrogens (tertiary/aromatic N) is 3. The fraction of sp³-hybridized carbons (Fsp3) is 0.405. The average Bonchev–Trinajstić information content (AvgIpc) is 3.06. The lowest BCUT2D eigenvalue weighted by Gasteiger charge is -2.44. The van der Waals surface area contributed by atoms with Gasteiger partial charge in [-0.3, -0.25) is 4.79 Å². The van der Waals surface area contributed by atoms with Crippen LogP contribution >= 0.6 is 0 Å². The molecule has 0 radical (unpaired) electrons. The second-order valence-electron chi connectivity index (χ2n) is 12.9. The van der Waals surface area contributed by atoms with Gasteiger partial charge in [0.05, 0.1) is 5.52 Å². The van der Waals surface area contributed by atoms with Crippen LogP contribution in [0.5, 0.6) is 17.2 Å². The molecular weight excluding hydrogens is 582 g/mol. The summed E-state index contributed by atoms with van der Waals surface area (Å²) in [5.74, 6) is 2.16. The van der Waals surface area contributed by atoms with Crippen molar-refractivity contribution in [1.82, 2.24) is 14.4 Å². The standard InChI is InChI=1S/C37H43N3O6/c1-37(2,3)40(36(42)46-26-28-12-14-33-34(24-28)44-23-22-43-33)29-16-18-38(19-17-29)20-21-39-31-10-7-11-32(30(31)13-15-35(39)41)45-25-27-8-5-4-6-9-27/h4-15,24,29H,16-23,25-26H2,1-3H3. The highest BCUT2D eigenvalue weighted by atomic mass is 16.6. The van der Waals surface area contributed by atoms with Crippen LogP contribution in [-0.4, -0.2) is 64.9 Å². The van der Waals surface area contributed by atoms with E-state index in [1.165, 1.54) is 0 Å². The molecule has 3 aromatic carbocycles. The van der Waals surface area contributed by atoms with Crippen LogP contribution in [0.3, 0.4) is 0 Å². The SMILES string of the molecule is CC(C)(C)N(C(=O)OCc1ccc2c(c1)OCCO2)C1CCN(CCn2c(=O)ccc3c(OCc4ccccc4)cccc32)CC1. The van der Waals surface area contributed by atoms with Crippen LogP contribution in [0.15, 0.2) is 83.7 Å². The van der Waals surface area contributed by atoms with Crippen LogP contribution in [0, 0.1) is 0 Å². The molecular formula is C37H43N3O6. The zero-order valence-electron chi connectivity index (χ0n) is 26.9. The summed E-state index contributed by atoms with van der Waals surface area (Å²) in [6.07, 6.45) is 1.35. The van der Waals surface area contributed by atoms with Gasteiger partial charge in [0.2, 0.25) is 0 Å². The Balaban J connectivity index is 1.06.